The van der Waals surface area contributed by atoms with E-state index in [0.29, 0.717) is 10.5 Å². The molecule has 0 saturated carbocycles. The molecule has 82 valence electrons. The minimum atomic E-state index is 0.216. The van der Waals surface area contributed by atoms with Crippen LogP contribution < -0.4 is 10.1 Å². The third kappa shape index (κ3) is 1.96. The standard InChI is InChI=1S/C11H14BrNO2/c1-15-11-7(8-3-2-6-13-8)4-5-9(14)10(11)12/h4-5,8,13-14H,2-3,6H2,1H3. The summed E-state index contributed by atoms with van der Waals surface area (Å²) in [4.78, 5) is 0. The van der Waals surface area contributed by atoms with Gasteiger partial charge in [0.15, 0.2) is 0 Å². The van der Waals surface area contributed by atoms with Gasteiger partial charge in [-0.1, -0.05) is 0 Å². The van der Waals surface area contributed by atoms with E-state index in [1.807, 2.05) is 6.07 Å². The number of ether oxygens (including phenoxy) is 1. The average molecular weight is 272 g/mol. The predicted molar refractivity (Wildman–Crippen MR) is 62.3 cm³/mol. The zero-order valence-electron chi connectivity index (χ0n) is 8.59. The lowest BCUT2D eigenvalue weighted by molar-refractivity contribution is 0.392. The van der Waals surface area contributed by atoms with E-state index in [0.717, 1.165) is 24.3 Å². The molecule has 1 saturated heterocycles. The highest BCUT2D eigenvalue weighted by atomic mass is 79.9. The number of hydrogen-bond donors (Lipinski definition) is 2. The van der Waals surface area contributed by atoms with Gasteiger partial charge >= 0.3 is 0 Å². The first kappa shape index (κ1) is 10.8. The van der Waals surface area contributed by atoms with Gasteiger partial charge in [-0.25, -0.2) is 0 Å². The normalized spacial score (nSPS) is 20.5. The minimum absolute atomic E-state index is 0.216. The number of halogens is 1. The van der Waals surface area contributed by atoms with Crippen molar-refractivity contribution in [3.8, 4) is 11.5 Å². The molecule has 1 fully saturated rings. The van der Waals surface area contributed by atoms with Crippen LogP contribution in [0.15, 0.2) is 16.6 Å². The van der Waals surface area contributed by atoms with Gasteiger partial charge in [-0.2, -0.15) is 0 Å². The topological polar surface area (TPSA) is 41.5 Å². The summed E-state index contributed by atoms with van der Waals surface area (Å²) in [6.45, 7) is 1.05. The summed E-state index contributed by atoms with van der Waals surface area (Å²) >= 11 is 3.34. The molecule has 0 radical (unpaired) electrons. The molecule has 0 spiro atoms. The van der Waals surface area contributed by atoms with E-state index in [9.17, 15) is 5.11 Å². The lowest BCUT2D eigenvalue weighted by Crippen LogP contribution is -2.13. The fourth-order valence-electron chi connectivity index (χ4n) is 1.99. The van der Waals surface area contributed by atoms with E-state index < -0.39 is 0 Å². The van der Waals surface area contributed by atoms with Crippen molar-refractivity contribution in [2.24, 2.45) is 0 Å². The monoisotopic (exact) mass is 271 g/mol. The lowest BCUT2D eigenvalue weighted by Gasteiger charge is -2.16. The summed E-state index contributed by atoms with van der Waals surface area (Å²) in [5.41, 5.74) is 1.11. The zero-order valence-corrected chi connectivity index (χ0v) is 10.2. The van der Waals surface area contributed by atoms with Gasteiger partial charge in [0.05, 0.1) is 7.11 Å². The first-order valence-electron chi connectivity index (χ1n) is 5.02. The summed E-state index contributed by atoms with van der Waals surface area (Å²) in [6, 6.07) is 3.96. The van der Waals surface area contributed by atoms with E-state index >= 15 is 0 Å². The van der Waals surface area contributed by atoms with Crippen molar-refractivity contribution >= 4 is 15.9 Å². The Balaban J connectivity index is 2.41. The molecule has 1 atom stereocenters. The number of methoxy groups -OCH3 is 1. The molecule has 1 aliphatic rings. The molecule has 1 aromatic carbocycles. The van der Waals surface area contributed by atoms with Crippen molar-refractivity contribution in [3.63, 3.8) is 0 Å². The van der Waals surface area contributed by atoms with Gasteiger partial charge in [0, 0.05) is 11.6 Å². The second-order valence-electron chi connectivity index (χ2n) is 3.67. The molecule has 3 nitrogen and oxygen atoms in total. The van der Waals surface area contributed by atoms with Crippen molar-refractivity contribution in [1.29, 1.82) is 0 Å². The third-order valence-corrected chi connectivity index (χ3v) is 3.51. The molecule has 15 heavy (non-hydrogen) atoms. The van der Waals surface area contributed by atoms with Crippen molar-refractivity contribution in [1.82, 2.24) is 5.32 Å². The smallest absolute Gasteiger partial charge is 0.141 e. The van der Waals surface area contributed by atoms with Crippen LogP contribution in [0.3, 0.4) is 0 Å². The number of hydrogen-bond acceptors (Lipinski definition) is 3. The molecule has 2 N–H and O–H groups in total. The van der Waals surface area contributed by atoms with Crippen LogP contribution in [0, 0.1) is 0 Å². The summed E-state index contributed by atoms with van der Waals surface area (Å²) in [5.74, 6) is 0.947. The van der Waals surface area contributed by atoms with Gasteiger partial charge in [0.25, 0.3) is 0 Å². The van der Waals surface area contributed by atoms with Crippen LogP contribution in [0.4, 0.5) is 0 Å². The van der Waals surface area contributed by atoms with Crippen LogP contribution >= 0.6 is 15.9 Å². The van der Waals surface area contributed by atoms with Gasteiger partial charge < -0.3 is 15.2 Å². The number of phenols is 1. The third-order valence-electron chi connectivity index (χ3n) is 2.75. The highest BCUT2D eigenvalue weighted by molar-refractivity contribution is 9.10. The van der Waals surface area contributed by atoms with Crippen LogP contribution in [0.5, 0.6) is 11.5 Å². The molecule has 2 rings (SSSR count). The Morgan fingerprint density at radius 2 is 2.33 bits per heavy atom. The van der Waals surface area contributed by atoms with Gasteiger partial charge in [-0.15, -0.1) is 0 Å². The zero-order chi connectivity index (χ0) is 10.8. The van der Waals surface area contributed by atoms with Crippen molar-refractivity contribution in [3.05, 3.63) is 22.2 Å². The molecule has 0 aromatic heterocycles. The molecule has 1 heterocycles. The van der Waals surface area contributed by atoms with E-state index in [1.54, 1.807) is 13.2 Å². The van der Waals surface area contributed by atoms with Crippen LogP contribution in [-0.2, 0) is 0 Å². The highest BCUT2D eigenvalue weighted by Gasteiger charge is 2.22. The second-order valence-corrected chi connectivity index (χ2v) is 4.46. The van der Waals surface area contributed by atoms with E-state index in [4.69, 9.17) is 4.74 Å². The maximum atomic E-state index is 9.55. The van der Waals surface area contributed by atoms with Crippen LogP contribution in [0.1, 0.15) is 24.4 Å². The highest BCUT2D eigenvalue weighted by Crippen LogP contribution is 2.40. The Morgan fingerprint density at radius 3 is 2.93 bits per heavy atom. The van der Waals surface area contributed by atoms with Gasteiger partial charge in [-0.05, 0) is 47.4 Å². The largest absolute Gasteiger partial charge is 0.507 e. The van der Waals surface area contributed by atoms with Crippen molar-refractivity contribution in [2.45, 2.75) is 18.9 Å². The van der Waals surface area contributed by atoms with Crippen LogP contribution in [0.25, 0.3) is 0 Å². The fourth-order valence-corrected chi connectivity index (χ4v) is 2.52. The second kappa shape index (κ2) is 4.41. The first-order chi connectivity index (χ1) is 7.24. The maximum absolute atomic E-state index is 9.55. The maximum Gasteiger partial charge on any atom is 0.141 e. The number of phenolic OH excluding ortho intramolecular Hbond substituents is 1. The fraction of sp³-hybridized carbons (Fsp3) is 0.455. The number of aromatic hydroxyl groups is 1. The van der Waals surface area contributed by atoms with Crippen LogP contribution in [0.2, 0.25) is 0 Å². The summed E-state index contributed by atoms with van der Waals surface area (Å²) in [5, 5.41) is 13.0. The summed E-state index contributed by atoms with van der Waals surface area (Å²) in [7, 11) is 1.62. The molecule has 1 aromatic rings. The Morgan fingerprint density at radius 1 is 1.53 bits per heavy atom. The lowest BCUT2D eigenvalue weighted by atomic mass is 10.0. The Hall–Kier alpha value is -0.740. The van der Waals surface area contributed by atoms with Gasteiger partial charge in [0.2, 0.25) is 0 Å². The van der Waals surface area contributed by atoms with Gasteiger partial charge in [-0.3, -0.25) is 0 Å². The molecule has 1 aliphatic heterocycles. The average Bonchev–Trinajstić information content (AvgIpc) is 2.75. The molecular formula is C11H14BrNO2. The Kier molecular flexibility index (Phi) is 3.17. The first-order valence-corrected chi connectivity index (χ1v) is 5.82. The summed E-state index contributed by atoms with van der Waals surface area (Å²) in [6.07, 6.45) is 2.31. The molecule has 0 bridgehead atoms. The van der Waals surface area contributed by atoms with Crippen molar-refractivity contribution in [2.75, 3.05) is 13.7 Å². The molecule has 0 aliphatic carbocycles. The number of benzene rings is 1. The quantitative estimate of drug-likeness (QED) is 0.869. The minimum Gasteiger partial charge on any atom is -0.507 e. The van der Waals surface area contributed by atoms with E-state index in [2.05, 4.69) is 21.2 Å². The van der Waals surface area contributed by atoms with Gasteiger partial charge in [0.1, 0.15) is 16.0 Å². The number of nitrogens with one attached hydrogen (secondary N) is 1. The number of rotatable bonds is 2. The van der Waals surface area contributed by atoms with E-state index in [-0.39, 0.29) is 5.75 Å². The molecule has 1 unspecified atom stereocenters. The Bertz CT molecular complexity index is 362. The SMILES string of the molecule is COc1c(C2CCCN2)ccc(O)c1Br. The Labute approximate surface area is 97.6 Å². The molecule has 4 heteroatoms. The van der Waals surface area contributed by atoms with E-state index in [1.165, 1.54) is 6.42 Å². The molecular weight excluding hydrogens is 258 g/mol. The van der Waals surface area contributed by atoms with Crippen molar-refractivity contribution < 1.29 is 9.84 Å². The van der Waals surface area contributed by atoms with Crippen LogP contribution in [-0.4, -0.2) is 18.8 Å². The summed E-state index contributed by atoms with van der Waals surface area (Å²) < 4.78 is 5.96. The molecule has 0 amide bonds. The predicted octanol–water partition coefficient (Wildman–Crippen LogP) is 2.59.